The highest BCUT2D eigenvalue weighted by Crippen LogP contribution is 2.31. The summed E-state index contributed by atoms with van der Waals surface area (Å²) < 4.78 is 6.33. The van der Waals surface area contributed by atoms with Crippen LogP contribution in [0.25, 0.3) is 0 Å². The van der Waals surface area contributed by atoms with Crippen molar-refractivity contribution in [1.29, 1.82) is 0 Å². The molecule has 2 amide bonds. The maximum absolute atomic E-state index is 12.4. The number of anilines is 2. The summed E-state index contributed by atoms with van der Waals surface area (Å²) in [5, 5.41) is 12.2. The molecule has 28 heavy (non-hydrogen) atoms. The van der Waals surface area contributed by atoms with E-state index in [-0.39, 0.29) is 11.8 Å². The second kappa shape index (κ2) is 9.74. The van der Waals surface area contributed by atoms with Crippen molar-refractivity contribution in [2.75, 3.05) is 43.9 Å². The largest absolute Gasteiger partial charge is 0.492 e. The average molecular weight is 422 g/mol. The highest BCUT2D eigenvalue weighted by Gasteiger charge is 2.22. The lowest BCUT2D eigenvalue weighted by Crippen LogP contribution is -2.50. The monoisotopic (exact) mass is 421 g/mol. The minimum atomic E-state index is 0.0552. The molecule has 0 bridgehead atoms. The minimum absolute atomic E-state index is 0.0552. The number of hydrogen-bond donors (Lipinski definition) is 1. The van der Waals surface area contributed by atoms with Gasteiger partial charge in [-0.2, -0.15) is 0 Å². The van der Waals surface area contributed by atoms with Crippen LogP contribution < -0.4 is 10.1 Å². The Morgan fingerprint density at radius 2 is 1.89 bits per heavy atom. The number of aromatic nitrogens is 2. The van der Waals surface area contributed by atoms with E-state index in [1.54, 1.807) is 16.7 Å². The van der Waals surface area contributed by atoms with Crippen LogP contribution >= 0.6 is 23.1 Å². The Kier molecular flexibility index (Phi) is 7.10. The number of thioether (sulfide) groups is 1. The van der Waals surface area contributed by atoms with Gasteiger partial charge >= 0.3 is 0 Å². The summed E-state index contributed by atoms with van der Waals surface area (Å²) in [5.41, 5.74) is 0.830. The van der Waals surface area contributed by atoms with Gasteiger partial charge in [0.1, 0.15) is 5.75 Å². The molecule has 2 aromatic rings. The van der Waals surface area contributed by atoms with Crippen molar-refractivity contribution in [1.82, 2.24) is 20.0 Å². The van der Waals surface area contributed by atoms with Gasteiger partial charge in [0.2, 0.25) is 16.9 Å². The Labute approximate surface area is 172 Å². The molecule has 1 fully saturated rings. The quantitative estimate of drug-likeness (QED) is 0.687. The molecule has 150 valence electrons. The van der Waals surface area contributed by atoms with E-state index in [2.05, 4.69) is 15.5 Å². The SMILES string of the molecule is CCOc1ccccc1Nc1nnc(SCC(=O)N2CCN(C(C)=O)CC2)s1. The molecule has 1 saturated heterocycles. The molecular weight excluding hydrogens is 398 g/mol. The molecule has 0 spiro atoms. The third-order valence-electron chi connectivity index (χ3n) is 4.23. The van der Waals surface area contributed by atoms with Crippen LogP contribution in [0.15, 0.2) is 28.6 Å². The highest BCUT2D eigenvalue weighted by molar-refractivity contribution is 8.01. The summed E-state index contributed by atoms with van der Waals surface area (Å²) in [4.78, 5) is 27.3. The van der Waals surface area contributed by atoms with Gasteiger partial charge in [-0.25, -0.2) is 0 Å². The molecule has 1 aliphatic heterocycles. The molecule has 3 rings (SSSR count). The number of rotatable bonds is 7. The van der Waals surface area contributed by atoms with E-state index < -0.39 is 0 Å². The number of nitrogens with one attached hydrogen (secondary N) is 1. The van der Waals surface area contributed by atoms with E-state index in [0.717, 1.165) is 15.8 Å². The second-order valence-corrected chi connectivity index (χ2v) is 8.30. The van der Waals surface area contributed by atoms with Crippen molar-refractivity contribution in [3.8, 4) is 5.75 Å². The van der Waals surface area contributed by atoms with Crippen LogP contribution in [-0.4, -0.2) is 70.4 Å². The normalized spacial score (nSPS) is 14.1. The highest BCUT2D eigenvalue weighted by atomic mass is 32.2. The third-order valence-corrected chi connectivity index (χ3v) is 6.19. The Morgan fingerprint density at radius 3 is 2.61 bits per heavy atom. The molecule has 1 N–H and O–H groups in total. The molecule has 0 unspecified atom stereocenters. The maximum Gasteiger partial charge on any atom is 0.233 e. The standard InChI is InChI=1S/C18H23N5O3S2/c1-3-26-15-7-5-4-6-14(15)19-17-20-21-18(28-17)27-12-16(25)23-10-8-22(9-11-23)13(2)24/h4-7H,3,8-12H2,1-2H3,(H,19,20). The van der Waals surface area contributed by atoms with E-state index in [9.17, 15) is 9.59 Å². The number of carbonyl (C=O) groups excluding carboxylic acids is 2. The molecule has 10 heteroatoms. The van der Waals surface area contributed by atoms with Gasteiger partial charge in [-0.1, -0.05) is 35.2 Å². The van der Waals surface area contributed by atoms with Crippen LogP contribution in [0, 0.1) is 0 Å². The van der Waals surface area contributed by atoms with Crippen molar-refractivity contribution in [2.24, 2.45) is 0 Å². The zero-order chi connectivity index (χ0) is 19.9. The number of amides is 2. The molecule has 2 heterocycles. The zero-order valence-corrected chi connectivity index (χ0v) is 17.5. The first-order valence-corrected chi connectivity index (χ1v) is 10.9. The number of carbonyl (C=O) groups is 2. The van der Waals surface area contributed by atoms with Gasteiger partial charge in [-0.05, 0) is 19.1 Å². The van der Waals surface area contributed by atoms with Crippen molar-refractivity contribution in [3.63, 3.8) is 0 Å². The molecule has 0 radical (unpaired) electrons. The Morgan fingerprint density at radius 1 is 1.18 bits per heavy atom. The van der Waals surface area contributed by atoms with E-state index in [4.69, 9.17) is 4.74 Å². The summed E-state index contributed by atoms with van der Waals surface area (Å²) in [7, 11) is 0. The van der Waals surface area contributed by atoms with E-state index in [1.165, 1.54) is 23.1 Å². The Bertz CT molecular complexity index is 821. The molecule has 0 saturated carbocycles. The smallest absolute Gasteiger partial charge is 0.233 e. The van der Waals surface area contributed by atoms with E-state index >= 15 is 0 Å². The average Bonchev–Trinajstić information content (AvgIpc) is 3.15. The number of nitrogens with zero attached hydrogens (tertiary/aromatic N) is 4. The first kappa shape index (κ1) is 20.4. The molecule has 0 aliphatic carbocycles. The van der Waals surface area contributed by atoms with Gasteiger partial charge in [0.25, 0.3) is 0 Å². The summed E-state index contributed by atoms with van der Waals surface area (Å²) in [6, 6.07) is 7.65. The predicted octanol–water partition coefficient (Wildman–Crippen LogP) is 2.46. The topological polar surface area (TPSA) is 87.7 Å². The molecule has 8 nitrogen and oxygen atoms in total. The van der Waals surface area contributed by atoms with Gasteiger partial charge in [0.05, 0.1) is 18.0 Å². The number of para-hydroxylation sites is 2. The van der Waals surface area contributed by atoms with Gasteiger partial charge < -0.3 is 19.9 Å². The molecule has 1 aromatic heterocycles. The van der Waals surface area contributed by atoms with E-state index in [0.29, 0.717) is 43.7 Å². The van der Waals surface area contributed by atoms with Crippen LogP contribution in [0.3, 0.4) is 0 Å². The molecular formula is C18H23N5O3S2. The molecule has 1 aromatic carbocycles. The summed E-state index contributed by atoms with van der Waals surface area (Å²) in [6.07, 6.45) is 0. The van der Waals surface area contributed by atoms with Crippen LogP contribution in [0.4, 0.5) is 10.8 Å². The fourth-order valence-electron chi connectivity index (χ4n) is 2.77. The fourth-order valence-corrected chi connectivity index (χ4v) is 4.44. The number of hydrogen-bond acceptors (Lipinski definition) is 8. The summed E-state index contributed by atoms with van der Waals surface area (Å²) in [6.45, 7) is 6.43. The van der Waals surface area contributed by atoms with Crippen LogP contribution in [-0.2, 0) is 9.59 Å². The zero-order valence-electron chi connectivity index (χ0n) is 15.9. The van der Waals surface area contributed by atoms with Crippen molar-refractivity contribution >= 4 is 45.7 Å². The van der Waals surface area contributed by atoms with Crippen LogP contribution in [0.1, 0.15) is 13.8 Å². The lowest BCUT2D eigenvalue weighted by atomic mass is 10.3. The van der Waals surface area contributed by atoms with Crippen LogP contribution in [0.5, 0.6) is 5.75 Å². The number of benzene rings is 1. The third kappa shape index (κ3) is 5.35. The van der Waals surface area contributed by atoms with Gasteiger partial charge in [0.15, 0.2) is 4.34 Å². The first-order valence-electron chi connectivity index (χ1n) is 9.05. The van der Waals surface area contributed by atoms with Crippen molar-refractivity contribution in [3.05, 3.63) is 24.3 Å². The maximum atomic E-state index is 12.4. The lowest BCUT2D eigenvalue weighted by Gasteiger charge is -2.34. The second-order valence-electron chi connectivity index (χ2n) is 6.10. The lowest BCUT2D eigenvalue weighted by molar-refractivity contribution is -0.136. The Hall–Kier alpha value is -2.33. The number of piperazine rings is 1. The summed E-state index contributed by atoms with van der Waals surface area (Å²) >= 11 is 2.77. The van der Waals surface area contributed by atoms with Gasteiger partial charge in [-0.15, -0.1) is 10.2 Å². The minimum Gasteiger partial charge on any atom is -0.492 e. The van der Waals surface area contributed by atoms with Gasteiger partial charge in [0, 0.05) is 33.1 Å². The predicted molar refractivity (Wildman–Crippen MR) is 110 cm³/mol. The number of ether oxygens (including phenoxy) is 1. The first-order chi connectivity index (χ1) is 13.6. The van der Waals surface area contributed by atoms with Crippen LogP contribution in [0.2, 0.25) is 0 Å². The fraction of sp³-hybridized carbons (Fsp3) is 0.444. The summed E-state index contributed by atoms with van der Waals surface area (Å²) in [5.74, 6) is 1.18. The molecule has 1 aliphatic rings. The molecule has 0 atom stereocenters. The van der Waals surface area contributed by atoms with E-state index in [1.807, 2.05) is 31.2 Å². The van der Waals surface area contributed by atoms with Crippen molar-refractivity contribution < 1.29 is 14.3 Å². The van der Waals surface area contributed by atoms with Gasteiger partial charge in [-0.3, -0.25) is 9.59 Å². The van der Waals surface area contributed by atoms with Crippen molar-refractivity contribution in [2.45, 2.75) is 18.2 Å². The Balaban J connectivity index is 1.50.